The van der Waals surface area contributed by atoms with Crippen LogP contribution in [0.3, 0.4) is 0 Å². The summed E-state index contributed by atoms with van der Waals surface area (Å²) in [5.74, 6) is -0.778. The van der Waals surface area contributed by atoms with E-state index >= 15 is 0 Å². The minimum absolute atomic E-state index is 0.118. The Morgan fingerprint density at radius 1 is 0.976 bits per heavy atom. The number of carboxylic acids is 1. The summed E-state index contributed by atoms with van der Waals surface area (Å²) in [5.41, 5.74) is 2.92. The SMILES string of the molecule is COc1cc2c(c(OC)c1OC)-c1ccc(NCC(=O)N[C@@H](C(=O)O)c3ccccc3)c(=O)cc1[C@H](NC(C)=O)CC2. The van der Waals surface area contributed by atoms with Gasteiger partial charge in [-0.1, -0.05) is 36.4 Å². The number of ether oxygens (including phenoxy) is 3. The van der Waals surface area contributed by atoms with Gasteiger partial charge in [-0.25, -0.2) is 4.79 Å². The summed E-state index contributed by atoms with van der Waals surface area (Å²) in [7, 11) is 4.55. The number of aliphatic carboxylic acids is 1. The number of fused-ring (bicyclic) bond motifs is 3. The van der Waals surface area contributed by atoms with Gasteiger partial charge in [-0.15, -0.1) is 0 Å². The second-order valence-electron chi connectivity index (χ2n) is 9.70. The normalized spacial score (nSPS) is 14.2. The van der Waals surface area contributed by atoms with Gasteiger partial charge in [0.15, 0.2) is 17.5 Å². The number of nitrogens with one attached hydrogen (secondary N) is 3. The maximum atomic E-state index is 13.4. The third kappa shape index (κ3) is 6.30. The highest BCUT2D eigenvalue weighted by molar-refractivity contribution is 5.87. The number of hydrogen-bond acceptors (Lipinski definition) is 8. The Morgan fingerprint density at radius 3 is 2.31 bits per heavy atom. The number of hydrogen-bond donors (Lipinski definition) is 4. The molecule has 1 aliphatic rings. The lowest BCUT2D eigenvalue weighted by Crippen LogP contribution is -2.37. The van der Waals surface area contributed by atoms with Crippen LogP contribution in [0.4, 0.5) is 5.69 Å². The first-order valence-electron chi connectivity index (χ1n) is 13.3. The minimum atomic E-state index is -1.25. The van der Waals surface area contributed by atoms with Crippen LogP contribution in [0, 0.1) is 0 Å². The van der Waals surface area contributed by atoms with Crippen LogP contribution >= 0.6 is 0 Å². The van der Waals surface area contributed by atoms with E-state index in [1.54, 1.807) is 42.5 Å². The molecule has 1 aliphatic carbocycles. The van der Waals surface area contributed by atoms with Gasteiger partial charge < -0.3 is 35.3 Å². The number of carbonyl (C=O) groups excluding carboxylic acids is 2. The van der Waals surface area contributed by atoms with Crippen LogP contribution < -0.4 is 35.6 Å². The lowest BCUT2D eigenvalue weighted by Gasteiger charge is -2.19. The van der Waals surface area contributed by atoms with Crippen molar-refractivity contribution in [1.29, 1.82) is 0 Å². The zero-order valence-electron chi connectivity index (χ0n) is 23.8. The Balaban J connectivity index is 1.73. The summed E-state index contributed by atoms with van der Waals surface area (Å²) in [6.07, 6.45) is 1.06. The molecule has 42 heavy (non-hydrogen) atoms. The molecule has 0 saturated carbocycles. The summed E-state index contributed by atoms with van der Waals surface area (Å²) in [4.78, 5) is 50.0. The summed E-state index contributed by atoms with van der Waals surface area (Å²) in [6, 6.07) is 13.2. The Hall–Kier alpha value is -5.06. The van der Waals surface area contributed by atoms with Gasteiger partial charge in [-0.3, -0.25) is 14.4 Å². The molecule has 11 nitrogen and oxygen atoms in total. The molecule has 4 rings (SSSR count). The average Bonchev–Trinajstić information content (AvgIpc) is 3.22. The van der Waals surface area contributed by atoms with Gasteiger partial charge in [-0.05, 0) is 53.3 Å². The molecular formula is C31H33N3O8. The van der Waals surface area contributed by atoms with Gasteiger partial charge in [-0.2, -0.15) is 0 Å². The molecule has 3 aromatic rings. The van der Waals surface area contributed by atoms with Crippen molar-refractivity contribution in [2.45, 2.75) is 31.8 Å². The maximum Gasteiger partial charge on any atom is 0.330 e. The van der Waals surface area contributed by atoms with Crippen LogP contribution in [0.5, 0.6) is 17.2 Å². The molecule has 220 valence electrons. The van der Waals surface area contributed by atoms with E-state index in [0.29, 0.717) is 52.3 Å². The lowest BCUT2D eigenvalue weighted by atomic mass is 9.95. The van der Waals surface area contributed by atoms with Crippen LogP contribution in [0.2, 0.25) is 0 Å². The third-order valence-corrected chi connectivity index (χ3v) is 7.04. The van der Waals surface area contributed by atoms with E-state index in [4.69, 9.17) is 14.2 Å². The van der Waals surface area contributed by atoms with Crippen LogP contribution in [0.25, 0.3) is 11.1 Å². The molecule has 11 heteroatoms. The monoisotopic (exact) mass is 575 g/mol. The molecule has 0 saturated heterocycles. The second kappa shape index (κ2) is 13.1. The molecule has 0 aliphatic heterocycles. The summed E-state index contributed by atoms with van der Waals surface area (Å²) in [6.45, 7) is 1.07. The van der Waals surface area contributed by atoms with Crippen LogP contribution in [-0.2, 0) is 20.8 Å². The molecule has 0 unspecified atom stereocenters. The number of anilines is 1. The van der Waals surface area contributed by atoms with Gasteiger partial charge in [0.2, 0.25) is 23.0 Å². The van der Waals surface area contributed by atoms with Gasteiger partial charge in [0.1, 0.15) is 0 Å². The number of carbonyl (C=O) groups is 3. The quantitative estimate of drug-likeness (QED) is 0.286. The Bertz CT molecular complexity index is 1560. The van der Waals surface area contributed by atoms with Crippen LogP contribution in [0.1, 0.15) is 42.1 Å². The molecule has 2 amide bonds. The van der Waals surface area contributed by atoms with Gasteiger partial charge >= 0.3 is 5.97 Å². The van der Waals surface area contributed by atoms with Crippen molar-refractivity contribution in [3.05, 3.63) is 81.5 Å². The standard InChI is InChI=1S/C31H33N3O8/c1-17(35)33-22-12-10-19-14-25(40-2)29(41-3)30(42-4)27(19)20-11-13-23(24(36)15-21(20)22)32-16-26(37)34-28(31(38)39)18-8-6-5-7-9-18/h5-9,11,13-15,22,28H,10,12,16H2,1-4H3,(H,32,36)(H,33,35)(H,34,37)(H,38,39)/t22-,28-/m1/s1. The molecule has 0 spiro atoms. The Morgan fingerprint density at radius 2 is 1.69 bits per heavy atom. The average molecular weight is 576 g/mol. The fourth-order valence-electron chi connectivity index (χ4n) is 5.17. The van der Waals surface area contributed by atoms with E-state index in [1.165, 1.54) is 34.3 Å². The molecule has 3 aromatic carbocycles. The lowest BCUT2D eigenvalue weighted by molar-refractivity contribution is -0.141. The highest BCUT2D eigenvalue weighted by Crippen LogP contribution is 2.50. The number of benzene rings is 2. The summed E-state index contributed by atoms with van der Waals surface area (Å²) >= 11 is 0. The van der Waals surface area contributed by atoms with Crippen molar-refractivity contribution in [3.8, 4) is 28.4 Å². The molecule has 4 N–H and O–H groups in total. The van der Waals surface area contributed by atoms with Crippen molar-refractivity contribution in [2.24, 2.45) is 0 Å². The third-order valence-electron chi connectivity index (χ3n) is 7.04. The maximum absolute atomic E-state index is 13.4. The number of amides is 2. The Kier molecular flexibility index (Phi) is 9.31. The first kappa shape index (κ1) is 29.9. The van der Waals surface area contributed by atoms with E-state index in [9.17, 15) is 24.3 Å². The largest absolute Gasteiger partial charge is 0.493 e. The van der Waals surface area contributed by atoms with E-state index in [0.717, 1.165) is 5.56 Å². The predicted octanol–water partition coefficient (Wildman–Crippen LogP) is 3.22. The van der Waals surface area contributed by atoms with E-state index in [1.807, 2.05) is 6.07 Å². The topological polar surface area (TPSA) is 152 Å². The number of rotatable bonds is 10. The van der Waals surface area contributed by atoms with E-state index < -0.39 is 29.4 Å². The molecule has 2 atom stereocenters. The second-order valence-corrected chi connectivity index (χ2v) is 9.70. The van der Waals surface area contributed by atoms with Crippen LogP contribution in [-0.4, -0.2) is 50.8 Å². The first-order chi connectivity index (χ1) is 20.2. The van der Waals surface area contributed by atoms with Crippen molar-refractivity contribution in [1.82, 2.24) is 10.6 Å². The molecule has 0 bridgehead atoms. The molecule has 0 heterocycles. The zero-order valence-corrected chi connectivity index (χ0v) is 23.8. The van der Waals surface area contributed by atoms with Gasteiger partial charge in [0.05, 0.1) is 39.6 Å². The summed E-state index contributed by atoms with van der Waals surface area (Å²) < 4.78 is 16.9. The number of methoxy groups -OCH3 is 3. The summed E-state index contributed by atoms with van der Waals surface area (Å²) in [5, 5.41) is 17.9. The van der Waals surface area contributed by atoms with E-state index in [-0.39, 0.29) is 18.1 Å². The molecular weight excluding hydrogens is 542 g/mol. The van der Waals surface area contributed by atoms with Crippen LogP contribution in [0.15, 0.2) is 59.4 Å². The highest BCUT2D eigenvalue weighted by Gasteiger charge is 2.29. The molecule has 0 radical (unpaired) electrons. The first-order valence-corrected chi connectivity index (χ1v) is 13.3. The van der Waals surface area contributed by atoms with Crippen molar-refractivity contribution in [3.63, 3.8) is 0 Å². The minimum Gasteiger partial charge on any atom is -0.493 e. The Labute approximate surface area is 242 Å². The molecule has 0 fully saturated rings. The van der Waals surface area contributed by atoms with Gasteiger partial charge in [0, 0.05) is 12.5 Å². The fraction of sp³-hybridized carbons (Fsp3) is 0.290. The van der Waals surface area contributed by atoms with E-state index in [2.05, 4.69) is 16.0 Å². The predicted molar refractivity (Wildman–Crippen MR) is 156 cm³/mol. The van der Waals surface area contributed by atoms with Crippen molar-refractivity contribution >= 4 is 23.5 Å². The smallest absolute Gasteiger partial charge is 0.330 e. The zero-order chi connectivity index (χ0) is 30.4. The highest BCUT2D eigenvalue weighted by atomic mass is 16.5. The van der Waals surface area contributed by atoms with Gasteiger partial charge in [0.25, 0.3) is 0 Å². The fourth-order valence-corrected chi connectivity index (χ4v) is 5.17. The number of aryl methyl sites for hydroxylation is 1. The van der Waals surface area contributed by atoms with Crippen molar-refractivity contribution < 1.29 is 33.7 Å². The number of carboxylic acid groups (broad SMARTS) is 1. The van der Waals surface area contributed by atoms with Crippen molar-refractivity contribution in [2.75, 3.05) is 33.2 Å². The molecule has 0 aromatic heterocycles.